The van der Waals surface area contributed by atoms with E-state index in [0.717, 1.165) is 57.5 Å². The minimum atomic E-state index is -0.201. The van der Waals surface area contributed by atoms with Gasteiger partial charge in [-0.25, -0.2) is 4.68 Å². The molecule has 2 aliphatic heterocycles. The molecule has 1 atom stereocenters. The first-order chi connectivity index (χ1) is 9.74. The average molecular weight is 278 g/mol. The Kier molecular flexibility index (Phi) is 4.03. The molecule has 0 unspecified atom stereocenters. The second-order valence-corrected chi connectivity index (χ2v) is 5.71. The number of hydrogen-bond acceptors (Lipinski definition) is 5. The second-order valence-electron chi connectivity index (χ2n) is 5.71. The first kappa shape index (κ1) is 13.6. The van der Waals surface area contributed by atoms with Crippen LogP contribution in [0.5, 0.6) is 0 Å². The van der Waals surface area contributed by atoms with Crippen molar-refractivity contribution < 1.29 is 5.11 Å². The first-order valence-corrected chi connectivity index (χ1v) is 7.46. The molecule has 2 fully saturated rings. The number of aromatic nitrogens is 2. The Morgan fingerprint density at radius 2 is 2.10 bits per heavy atom. The van der Waals surface area contributed by atoms with Crippen molar-refractivity contribution in [2.24, 2.45) is 0 Å². The molecule has 20 heavy (non-hydrogen) atoms. The van der Waals surface area contributed by atoms with Crippen molar-refractivity contribution in [3.8, 4) is 0 Å². The number of nitrogens with zero attached hydrogens (tertiary/aromatic N) is 3. The summed E-state index contributed by atoms with van der Waals surface area (Å²) in [6.45, 7) is 3.43. The summed E-state index contributed by atoms with van der Waals surface area (Å²) in [6.07, 6.45) is 5.20. The maximum absolute atomic E-state index is 12.2. The van der Waals surface area contributed by atoms with Crippen LogP contribution >= 0.6 is 0 Å². The number of nitrogens with one attached hydrogen (secondary N) is 1. The van der Waals surface area contributed by atoms with Crippen molar-refractivity contribution in [2.75, 3.05) is 31.1 Å². The van der Waals surface area contributed by atoms with E-state index < -0.39 is 0 Å². The van der Waals surface area contributed by atoms with Crippen LogP contribution in [0.15, 0.2) is 17.1 Å². The van der Waals surface area contributed by atoms with E-state index in [1.54, 1.807) is 16.9 Å². The second kappa shape index (κ2) is 5.93. The highest BCUT2D eigenvalue weighted by Crippen LogP contribution is 2.19. The minimum absolute atomic E-state index is 0.0256. The summed E-state index contributed by atoms with van der Waals surface area (Å²) < 4.78 is 1.61. The van der Waals surface area contributed by atoms with Gasteiger partial charge in [0, 0.05) is 25.7 Å². The molecule has 0 amide bonds. The van der Waals surface area contributed by atoms with E-state index in [9.17, 15) is 9.90 Å². The van der Waals surface area contributed by atoms with Gasteiger partial charge in [0.1, 0.15) is 0 Å². The Morgan fingerprint density at radius 3 is 2.75 bits per heavy atom. The largest absolute Gasteiger partial charge is 0.393 e. The molecule has 1 aromatic heterocycles. The van der Waals surface area contributed by atoms with E-state index in [0.29, 0.717) is 0 Å². The van der Waals surface area contributed by atoms with Gasteiger partial charge in [-0.15, -0.1) is 0 Å². The number of aliphatic hydroxyl groups excluding tert-OH is 1. The third-order valence-corrected chi connectivity index (χ3v) is 4.26. The summed E-state index contributed by atoms with van der Waals surface area (Å²) in [5.41, 5.74) is 0.851. The first-order valence-electron chi connectivity index (χ1n) is 7.46. The van der Waals surface area contributed by atoms with Gasteiger partial charge in [-0.2, -0.15) is 5.10 Å². The monoisotopic (exact) mass is 278 g/mol. The van der Waals surface area contributed by atoms with Gasteiger partial charge in [0.15, 0.2) is 0 Å². The van der Waals surface area contributed by atoms with Gasteiger partial charge in [0.2, 0.25) is 0 Å². The minimum Gasteiger partial charge on any atom is -0.393 e. The molecule has 0 bridgehead atoms. The van der Waals surface area contributed by atoms with Crippen LogP contribution in [0.1, 0.15) is 31.7 Å². The third-order valence-electron chi connectivity index (χ3n) is 4.26. The summed E-state index contributed by atoms with van der Waals surface area (Å²) in [7, 11) is 0. The topological polar surface area (TPSA) is 70.4 Å². The Hall–Kier alpha value is -1.40. The molecule has 2 aliphatic rings. The van der Waals surface area contributed by atoms with Crippen LogP contribution in [0, 0.1) is 0 Å². The maximum Gasteiger partial charge on any atom is 0.269 e. The number of anilines is 1. The van der Waals surface area contributed by atoms with Crippen LogP contribution in [0.3, 0.4) is 0 Å². The zero-order valence-electron chi connectivity index (χ0n) is 11.7. The molecular weight excluding hydrogens is 256 g/mol. The highest BCUT2D eigenvalue weighted by atomic mass is 16.3. The molecule has 1 aromatic rings. The van der Waals surface area contributed by atoms with E-state index in [1.165, 1.54) is 0 Å². The highest BCUT2D eigenvalue weighted by Gasteiger charge is 2.20. The van der Waals surface area contributed by atoms with Crippen LogP contribution in [0.2, 0.25) is 0 Å². The van der Waals surface area contributed by atoms with Crippen LogP contribution in [-0.2, 0) is 0 Å². The Balaban J connectivity index is 1.75. The van der Waals surface area contributed by atoms with Crippen molar-refractivity contribution >= 4 is 5.69 Å². The van der Waals surface area contributed by atoms with E-state index in [4.69, 9.17) is 0 Å². The van der Waals surface area contributed by atoms with Gasteiger partial charge < -0.3 is 15.3 Å². The highest BCUT2D eigenvalue weighted by molar-refractivity contribution is 5.43. The van der Waals surface area contributed by atoms with Crippen LogP contribution in [0.4, 0.5) is 5.69 Å². The summed E-state index contributed by atoms with van der Waals surface area (Å²) in [6, 6.07) is 1.85. The molecule has 3 heterocycles. The number of rotatable bonds is 2. The lowest BCUT2D eigenvalue weighted by molar-refractivity contribution is 0.145. The quantitative estimate of drug-likeness (QED) is 0.804. The van der Waals surface area contributed by atoms with Crippen molar-refractivity contribution in [1.82, 2.24) is 15.1 Å². The zero-order valence-corrected chi connectivity index (χ0v) is 11.7. The molecule has 0 spiro atoms. The number of piperidine rings is 2. The van der Waals surface area contributed by atoms with Gasteiger partial charge in [-0.05, 0) is 32.2 Å². The summed E-state index contributed by atoms with van der Waals surface area (Å²) in [5.74, 6) is 0. The normalized spacial score (nSPS) is 24.9. The molecule has 2 N–H and O–H groups in total. The fourth-order valence-corrected chi connectivity index (χ4v) is 3.02. The van der Waals surface area contributed by atoms with Crippen molar-refractivity contribution in [1.29, 1.82) is 0 Å². The number of aliphatic hydroxyl groups is 1. The summed E-state index contributed by atoms with van der Waals surface area (Å²) >= 11 is 0. The Morgan fingerprint density at radius 1 is 1.30 bits per heavy atom. The molecule has 6 heteroatoms. The fourth-order valence-electron chi connectivity index (χ4n) is 3.02. The van der Waals surface area contributed by atoms with E-state index >= 15 is 0 Å². The van der Waals surface area contributed by atoms with Gasteiger partial charge in [0.25, 0.3) is 5.56 Å². The van der Waals surface area contributed by atoms with Gasteiger partial charge in [0.05, 0.1) is 24.0 Å². The van der Waals surface area contributed by atoms with Crippen LogP contribution in [-0.4, -0.2) is 47.2 Å². The molecule has 0 radical (unpaired) electrons. The smallest absolute Gasteiger partial charge is 0.269 e. The molecule has 2 saturated heterocycles. The van der Waals surface area contributed by atoms with Crippen molar-refractivity contribution in [3.05, 3.63) is 22.6 Å². The number of hydrogen-bond donors (Lipinski definition) is 2. The van der Waals surface area contributed by atoms with Crippen LogP contribution < -0.4 is 15.8 Å². The zero-order chi connectivity index (χ0) is 13.9. The summed E-state index contributed by atoms with van der Waals surface area (Å²) in [5, 5.41) is 17.2. The predicted octanol–water partition coefficient (Wildman–Crippen LogP) is 0.129. The fraction of sp³-hybridized carbons (Fsp3) is 0.714. The Labute approximate surface area is 118 Å². The van der Waals surface area contributed by atoms with Gasteiger partial charge in [-0.1, -0.05) is 0 Å². The third kappa shape index (κ3) is 2.86. The van der Waals surface area contributed by atoms with Crippen molar-refractivity contribution in [3.63, 3.8) is 0 Å². The van der Waals surface area contributed by atoms with E-state index in [-0.39, 0.29) is 17.7 Å². The van der Waals surface area contributed by atoms with E-state index in [2.05, 4.69) is 15.3 Å². The van der Waals surface area contributed by atoms with E-state index in [1.807, 2.05) is 0 Å². The molecule has 110 valence electrons. The lowest BCUT2D eigenvalue weighted by atomic mass is 10.1. The molecule has 0 saturated carbocycles. The van der Waals surface area contributed by atoms with Crippen molar-refractivity contribution in [2.45, 2.75) is 37.8 Å². The molecular formula is C14H22N4O2. The van der Waals surface area contributed by atoms with Gasteiger partial charge >= 0.3 is 0 Å². The van der Waals surface area contributed by atoms with Gasteiger partial charge in [-0.3, -0.25) is 4.79 Å². The summed E-state index contributed by atoms with van der Waals surface area (Å²) in [4.78, 5) is 14.4. The molecule has 0 aromatic carbocycles. The average Bonchev–Trinajstić information content (AvgIpc) is 2.49. The lowest BCUT2D eigenvalue weighted by Crippen LogP contribution is -2.39. The lowest BCUT2D eigenvalue weighted by Gasteiger charge is -2.31. The SMILES string of the molecule is O=c1cc(N2CCC(O)CC2)cnn1[C@H]1CCCNC1. The van der Waals surface area contributed by atoms with Crippen LogP contribution in [0.25, 0.3) is 0 Å². The Bertz CT molecular complexity index is 502. The maximum atomic E-state index is 12.2. The molecule has 0 aliphatic carbocycles. The predicted molar refractivity (Wildman–Crippen MR) is 77.1 cm³/mol. The molecule has 6 nitrogen and oxygen atoms in total. The standard InChI is InChI=1S/C14H22N4O2/c19-13-3-6-17(7-4-13)12-8-14(20)18(16-10-12)11-2-1-5-15-9-11/h8,10-11,13,15,19H,1-7,9H2/t11-/m0/s1. The molecule has 3 rings (SSSR count).